The molecular formula is C20H18F4N6O. The van der Waals surface area contributed by atoms with Crippen LogP contribution in [0.2, 0.25) is 0 Å². The highest BCUT2D eigenvalue weighted by Crippen LogP contribution is 2.32. The van der Waals surface area contributed by atoms with Crippen molar-refractivity contribution in [2.45, 2.75) is 25.6 Å². The molecule has 1 saturated heterocycles. The zero-order valence-corrected chi connectivity index (χ0v) is 16.2. The summed E-state index contributed by atoms with van der Waals surface area (Å²) in [7, 11) is 0. The predicted molar refractivity (Wildman–Crippen MR) is 103 cm³/mol. The third-order valence-electron chi connectivity index (χ3n) is 4.90. The molecule has 11 heteroatoms. The summed E-state index contributed by atoms with van der Waals surface area (Å²) >= 11 is 0. The summed E-state index contributed by atoms with van der Waals surface area (Å²) in [6.45, 7) is 1.77. The molecule has 7 nitrogen and oxygen atoms in total. The second kappa shape index (κ2) is 8.32. The van der Waals surface area contributed by atoms with Crippen LogP contribution in [0, 0.1) is 5.82 Å². The van der Waals surface area contributed by atoms with Gasteiger partial charge in [0.15, 0.2) is 11.4 Å². The molecule has 3 heterocycles. The maximum Gasteiger partial charge on any atom is 0.435 e. The fourth-order valence-corrected chi connectivity index (χ4v) is 3.43. The van der Waals surface area contributed by atoms with Gasteiger partial charge in [-0.2, -0.15) is 13.2 Å². The van der Waals surface area contributed by atoms with E-state index in [9.17, 15) is 22.4 Å². The summed E-state index contributed by atoms with van der Waals surface area (Å²) in [4.78, 5) is 18.9. The number of alkyl halides is 3. The van der Waals surface area contributed by atoms with Crippen LogP contribution in [-0.4, -0.2) is 39.0 Å². The third kappa shape index (κ3) is 4.49. The lowest BCUT2D eigenvalue weighted by Gasteiger charge is -2.17. The number of nitrogens with one attached hydrogen (secondary N) is 1. The highest BCUT2D eigenvalue weighted by atomic mass is 19.4. The minimum absolute atomic E-state index is 0.00762. The topological polar surface area (TPSA) is 75.9 Å². The summed E-state index contributed by atoms with van der Waals surface area (Å²) in [5.74, 6) is -1.01. The Bertz CT molecular complexity index is 1090. The van der Waals surface area contributed by atoms with Crippen LogP contribution in [0.25, 0.3) is 5.69 Å². The standard InChI is InChI=1S/C20H18F4N6O/c21-14-4-3-5-15(11-14)30-18(20(22,23)24)17(27-28-30)19(31)26-12-13-6-7-25-16(10-13)29-8-1-2-9-29/h3-7,10-11H,1-2,8-9,12H2,(H,26,31). The highest BCUT2D eigenvalue weighted by Gasteiger charge is 2.42. The number of rotatable bonds is 5. The lowest BCUT2D eigenvalue weighted by Crippen LogP contribution is -2.27. The van der Waals surface area contributed by atoms with E-state index in [4.69, 9.17) is 0 Å². The van der Waals surface area contributed by atoms with Crippen LogP contribution >= 0.6 is 0 Å². The predicted octanol–water partition coefficient (Wildman–Crippen LogP) is 3.35. The second-order valence-corrected chi connectivity index (χ2v) is 7.08. The molecule has 0 bridgehead atoms. The summed E-state index contributed by atoms with van der Waals surface area (Å²) in [5, 5.41) is 9.30. The fraction of sp³-hybridized carbons (Fsp3) is 0.300. The van der Waals surface area contributed by atoms with E-state index in [0.717, 1.165) is 43.9 Å². The Labute approximate surface area is 174 Å². The number of amides is 1. The van der Waals surface area contributed by atoms with Crippen LogP contribution in [0.15, 0.2) is 42.6 Å². The Hall–Kier alpha value is -3.50. The van der Waals surface area contributed by atoms with Gasteiger partial charge in [-0.3, -0.25) is 4.79 Å². The van der Waals surface area contributed by atoms with Gasteiger partial charge < -0.3 is 10.2 Å². The fourth-order valence-electron chi connectivity index (χ4n) is 3.43. The van der Waals surface area contributed by atoms with Crippen molar-refractivity contribution in [3.05, 3.63) is 65.4 Å². The van der Waals surface area contributed by atoms with Crippen LogP contribution in [0.3, 0.4) is 0 Å². The largest absolute Gasteiger partial charge is 0.435 e. The number of nitrogens with zero attached hydrogens (tertiary/aromatic N) is 5. The first-order chi connectivity index (χ1) is 14.8. The number of pyridine rings is 1. The number of aromatic nitrogens is 4. The SMILES string of the molecule is O=C(NCc1ccnc(N2CCCC2)c1)c1nnn(-c2cccc(F)c2)c1C(F)(F)F. The second-order valence-electron chi connectivity index (χ2n) is 7.08. The number of halogens is 4. The van der Waals surface area contributed by atoms with E-state index in [1.54, 1.807) is 18.3 Å². The van der Waals surface area contributed by atoms with E-state index in [0.29, 0.717) is 10.2 Å². The van der Waals surface area contributed by atoms with Crippen molar-refractivity contribution in [1.82, 2.24) is 25.3 Å². The van der Waals surface area contributed by atoms with Crippen LogP contribution in [0.4, 0.5) is 23.4 Å². The highest BCUT2D eigenvalue weighted by molar-refractivity contribution is 5.93. The molecule has 1 fully saturated rings. The van der Waals surface area contributed by atoms with Gasteiger partial charge in [0.2, 0.25) is 0 Å². The minimum atomic E-state index is -4.93. The van der Waals surface area contributed by atoms with Gasteiger partial charge in [0, 0.05) is 25.8 Å². The van der Waals surface area contributed by atoms with E-state index in [1.165, 1.54) is 12.1 Å². The number of carbonyl (C=O) groups is 1. The molecule has 162 valence electrons. The molecule has 0 aliphatic carbocycles. The molecular weight excluding hydrogens is 416 g/mol. The average molecular weight is 434 g/mol. The van der Waals surface area contributed by atoms with Crippen molar-refractivity contribution in [3.63, 3.8) is 0 Å². The van der Waals surface area contributed by atoms with Crippen LogP contribution in [-0.2, 0) is 12.7 Å². The molecule has 0 atom stereocenters. The maximum atomic E-state index is 13.7. The monoisotopic (exact) mass is 434 g/mol. The van der Waals surface area contributed by atoms with E-state index >= 15 is 0 Å². The van der Waals surface area contributed by atoms with Crippen LogP contribution < -0.4 is 10.2 Å². The average Bonchev–Trinajstić information content (AvgIpc) is 3.42. The molecule has 1 amide bonds. The van der Waals surface area contributed by atoms with Crippen LogP contribution in [0.5, 0.6) is 0 Å². The van der Waals surface area contributed by atoms with Crippen molar-refractivity contribution < 1.29 is 22.4 Å². The Morgan fingerprint density at radius 3 is 2.61 bits per heavy atom. The summed E-state index contributed by atoms with van der Waals surface area (Å²) in [5.41, 5.74) is -1.76. The van der Waals surface area contributed by atoms with Gasteiger partial charge in [0.1, 0.15) is 11.6 Å². The summed E-state index contributed by atoms with van der Waals surface area (Å²) in [6, 6.07) is 7.92. The van der Waals surface area contributed by atoms with Crippen molar-refractivity contribution in [3.8, 4) is 5.69 Å². The minimum Gasteiger partial charge on any atom is -0.357 e. The first-order valence-corrected chi connectivity index (χ1v) is 9.60. The molecule has 0 unspecified atom stereocenters. The van der Waals surface area contributed by atoms with Crippen molar-refractivity contribution >= 4 is 11.7 Å². The third-order valence-corrected chi connectivity index (χ3v) is 4.90. The van der Waals surface area contributed by atoms with Gasteiger partial charge in [-0.05, 0) is 48.7 Å². The number of anilines is 1. The van der Waals surface area contributed by atoms with Crippen molar-refractivity contribution in [1.29, 1.82) is 0 Å². The first kappa shape index (κ1) is 20.8. The van der Waals surface area contributed by atoms with E-state index in [2.05, 4.69) is 25.5 Å². The Balaban J connectivity index is 1.56. The molecule has 1 aliphatic rings. The molecule has 0 radical (unpaired) electrons. The maximum absolute atomic E-state index is 13.7. The number of hydrogen-bond acceptors (Lipinski definition) is 5. The number of benzene rings is 1. The Morgan fingerprint density at radius 2 is 1.90 bits per heavy atom. The van der Waals surface area contributed by atoms with E-state index in [-0.39, 0.29) is 12.2 Å². The zero-order chi connectivity index (χ0) is 22.0. The molecule has 2 aromatic heterocycles. The Kier molecular flexibility index (Phi) is 5.57. The smallest absolute Gasteiger partial charge is 0.357 e. The van der Waals surface area contributed by atoms with E-state index in [1.807, 2.05) is 0 Å². The molecule has 0 saturated carbocycles. The number of carbonyl (C=O) groups excluding carboxylic acids is 1. The first-order valence-electron chi connectivity index (χ1n) is 9.60. The summed E-state index contributed by atoms with van der Waals surface area (Å²) < 4.78 is 54.9. The lowest BCUT2D eigenvalue weighted by molar-refractivity contribution is -0.143. The van der Waals surface area contributed by atoms with E-state index < -0.39 is 29.3 Å². The molecule has 0 spiro atoms. The molecule has 3 aromatic rings. The molecule has 4 rings (SSSR count). The lowest BCUT2D eigenvalue weighted by atomic mass is 10.2. The normalized spacial score (nSPS) is 14.1. The van der Waals surface area contributed by atoms with Gasteiger partial charge in [0.25, 0.3) is 5.91 Å². The van der Waals surface area contributed by atoms with Gasteiger partial charge in [-0.15, -0.1) is 5.10 Å². The van der Waals surface area contributed by atoms with Crippen LogP contribution in [0.1, 0.15) is 34.6 Å². The molecule has 31 heavy (non-hydrogen) atoms. The quantitative estimate of drug-likeness (QED) is 0.624. The van der Waals surface area contributed by atoms with Crippen molar-refractivity contribution in [2.75, 3.05) is 18.0 Å². The summed E-state index contributed by atoms with van der Waals surface area (Å²) in [6.07, 6.45) is -1.19. The van der Waals surface area contributed by atoms with Gasteiger partial charge >= 0.3 is 6.18 Å². The molecule has 1 aromatic carbocycles. The van der Waals surface area contributed by atoms with Gasteiger partial charge in [-0.1, -0.05) is 11.3 Å². The van der Waals surface area contributed by atoms with Gasteiger partial charge in [0.05, 0.1) is 5.69 Å². The molecule has 1 aliphatic heterocycles. The Morgan fingerprint density at radius 1 is 1.13 bits per heavy atom. The molecule has 1 N–H and O–H groups in total. The van der Waals surface area contributed by atoms with Gasteiger partial charge in [-0.25, -0.2) is 14.1 Å². The van der Waals surface area contributed by atoms with Crippen molar-refractivity contribution in [2.24, 2.45) is 0 Å². The number of hydrogen-bond donors (Lipinski definition) is 1. The zero-order valence-electron chi connectivity index (χ0n) is 16.2.